The van der Waals surface area contributed by atoms with Crippen LogP contribution in [0.1, 0.15) is 22.1 Å². The molecular weight excluding hydrogens is 286 g/mol. The second kappa shape index (κ2) is 5.78. The molecule has 4 heteroatoms. The van der Waals surface area contributed by atoms with Gasteiger partial charge in [-0.3, -0.25) is 4.79 Å². The number of anilines is 1. The average molecular weight is 302 g/mol. The third-order valence-electron chi connectivity index (χ3n) is 3.50. The molecule has 0 aromatic heterocycles. The first-order valence-corrected chi connectivity index (χ1v) is 7.32. The van der Waals surface area contributed by atoms with Gasteiger partial charge in [-0.2, -0.15) is 0 Å². The second-order valence-electron chi connectivity index (χ2n) is 5.25. The average Bonchev–Trinajstić information content (AvgIpc) is 2.46. The zero-order valence-corrected chi connectivity index (χ0v) is 12.5. The van der Waals surface area contributed by atoms with E-state index in [1.165, 1.54) is 11.1 Å². The topological polar surface area (TPSA) is 38.3 Å². The number of benzene rings is 2. The monoisotopic (exact) mass is 301 g/mol. The van der Waals surface area contributed by atoms with E-state index in [0.29, 0.717) is 11.4 Å². The summed E-state index contributed by atoms with van der Waals surface area (Å²) >= 11 is 6.52. The Bertz CT molecular complexity index is 684. The van der Waals surface area contributed by atoms with Crippen LogP contribution in [0.15, 0.2) is 42.5 Å². The largest absolute Gasteiger partial charge is 0.482 e. The molecule has 21 heavy (non-hydrogen) atoms. The molecule has 3 nitrogen and oxygen atoms in total. The minimum atomic E-state index is -0.143. The van der Waals surface area contributed by atoms with Crippen LogP contribution in [0.5, 0.6) is 5.75 Å². The number of amides is 1. The number of halogens is 1. The van der Waals surface area contributed by atoms with Crippen LogP contribution in [-0.4, -0.2) is 12.5 Å². The van der Waals surface area contributed by atoms with E-state index < -0.39 is 0 Å². The van der Waals surface area contributed by atoms with E-state index in [2.05, 4.69) is 30.4 Å². The maximum Gasteiger partial charge on any atom is 0.262 e. The van der Waals surface area contributed by atoms with E-state index in [1.54, 1.807) is 0 Å². The normalized spacial score (nSPS) is 14.9. The third-order valence-corrected chi connectivity index (χ3v) is 3.90. The van der Waals surface area contributed by atoms with Gasteiger partial charge in [-0.05, 0) is 36.6 Å². The van der Waals surface area contributed by atoms with Crippen molar-refractivity contribution in [3.8, 4) is 5.75 Å². The highest BCUT2D eigenvalue weighted by atomic mass is 35.5. The van der Waals surface area contributed by atoms with E-state index >= 15 is 0 Å². The highest BCUT2D eigenvalue weighted by Crippen LogP contribution is 2.33. The summed E-state index contributed by atoms with van der Waals surface area (Å²) in [5.74, 6) is 0.558. The van der Waals surface area contributed by atoms with E-state index in [0.717, 1.165) is 12.0 Å². The minimum Gasteiger partial charge on any atom is -0.482 e. The quantitative estimate of drug-likeness (QED) is 0.875. The van der Waals surface area contributed by atoms with Gasteiger partial charge in [0.2, 0.25) is 0 Å². The lowest BCUT2D eigenvalue weighted by Crippen LogP contribution is -2.25. The van der Waals surface area contributed by atoms with Crippen LogP contribution in [0.4, 0.5) is 5.69 Å². The number of carbonyl (C=O) groups excluding carboxylic acids is 1. The van der Waals surface area contributed by atoms with E-state index in [4.69, 9.17) is 16.3 Å². The van der Waals surface area contributed by atoms with Gasteiger partial charge < -0.3 is 10.1 Å². The molecule has 1 N–H and O–H groups in total. The van der Waals surface area contributed by atoms with Crippen LogP contribution in [0.2, 0.25) is 0 Å². The zero-order valence-electron chi connectivity index (χ0n) is 11.7. The van der Waals surface area contributed by atoms with Crippen molar-refractivity contribution in [2.45, 2.75) is 18.7 Å². The molecule has 0 spiro atoms. The molecule has 2 aromatic carbocycles. The highest BCUT2D eigenvalue weighted by Gasteiger charge is 2.18. The Morgan fingerprint density at radius 2 is 2.14 bits per heavy atom. The van der Waals surface area contributed by atoms with Gasteiger partial charge in [-0.25, -0.2) is 0 Å². The maximum atomic E-state index is 11.4. The number of rotatable bonds is 3. The molecular formula is C17H16ClNO2. The highest BCUT2D eigenvalue weighted by molar-refractivity contribution is 6.21. The van der Waals surface area contributed by atoms with Crippen molar-refractivity contribution >= 4 is 23.2 Å². The Kier molecular flexibility index (Phi) is 3.84. The SMILES string of the molecule is Cc1cccc(CC(Cl)c2ccc3c(c2)NC(=O)CO3)c1. The van der Waals surface area contributed by atoms with Gasteiger partial charge in [0.1, 0.15) is 5.75 Å². The Labute approximate surface area is 128 Å². The van der Waals surface area contributed by atoms with Crippen LogP contribution in [0.3, 0.4) is 0 Å². The Morgan fingerprint density at radius 3 is 2.95 bits per heavy atom. The molecule has 0 aliphatic carbocycles. The second-order valence-corrected chi connectivity index (χ2v) is 5.78. The summed E-state index contributed by atoms with van der Waals surface area (Å²) in [7, 11) is 0. The van der Waals surface area contributed by atoms with E-state index in [1.807, 2.05) is 24.3 Å². The Morgan fingerprint density at radius 1 is 1.29 bits per heavy atom. The number of nitrogens with one attached hydrogen (secondary N) is 1. The smallest absolute Gasteiger partial charge is 0.262 e. The molecule has 3 rings (SSSR count). The number of alkyl halides is 1. The van der Waals surface area contributed by atoms with Crippen LogP contribution in [-0.2, 0) is 11.2 Å². The number of carbonyl (C=O) groups is 1. The van der Waals surface area contributed by atoms with Crippen molar-refractivity contribution in [2.75, 3.05) is 11.9 Å². The molecule has 1 unspecified atom stereocenters. The molecule has 1 amide bonds. The Balaban J connectivity index is 1.80. The predicted molar refractivity (Wildman–Crippen MR) is 84.0 cm³/mol. The van der Waals surface area contributed by atoms with Gasteiger partial charge in [-0.15, -0.1) is 11.6 Å². The molecule has 1 aliphatic heterocycles. The van der Waals surface area contributed by atoms with Gasteiger partial charge in [0.25, 0.3) is 5.91 Å². The molecule has 0 saturated heterocycles. The van der Waals surface area contributed by atoms with Crippen molar-refractivity contribution < 1.29 is 9.53 Å². The summed E-state index contributed by atoms with van der Waals surface area (Å²) in [6.45, 7) is 2.14. The summed E-state index contributed by atoms with van der Waals surface area (Å²) in [5.41, 5.74) is 4.09. The van der Waals surface area contributed by atoms with Crippen LogP contribution < -0.4 is 10.1 Å². The maximum absolute atomic E-state index is 11.4. The summed E-state index contributed by atoms with van der Waals surface area (Å²) in [4.78, 5) is 11.4. The molecule has 1 aliphatic rings. The fourth-order valence-corrected chi connectivity index (χ4v) is 2.77. The molecule has 1 heterocycles. The fraction of sp³-hybridized carbons (Fsp3) is 0.235. The van der Waals surface area contributed by atoms with Gasteiger partial charge in [0.15, 0.2) is 6.61 Å². The number of hydrogen-bond donors (Lipinski definition) is 1. The van der Waals surface area contributed by atoms with Gasteiger partial charge in [-0.1, -0.05) is 35.9 Å². The summed E-state index contributed by atoms with van der Waals surface area (Å²) in [6.07, 6.45) is 0.747. The molecule has 1 atom stereocenters. The fourth-order valence-electron chi connectivity index (χ4n) is 2.46. The van der Waals surface area contributed by atoms with Crippen LogP contribution in [0.25, 0.3) is 0 Å². The predicted octanol–water partition coefficient (Wildman–Crippen LogP) is 3.85. The first-order chi connectivity index (χ1) is 10.1. The molecule has 0 fully saturated rings. The summed E-state index contributed by atoms with van der Waals surface area (Å²) < 4.78 is 5.35. The molecule has 2 aromatic rings. The number of ether oxygens (including phenoxy) is 1. The number of hydrogen-bond acceptors (Lipinski definition) is 2. The lowest BCUT2D eigenvalue weighted by Gasteiger charge is -2.20. The number of aryl methyl sites for hydroxylation is 1. The molecule has 0 saturated carbocycles. The standard InChI is InChI=1S/C17H16ClNO2/c1-11-3-2-4-12(7-11)8-14(18)13-5-6-16-15(9-13)19-17(20)10-21-16/h2-7,9,14H,8,10H2,1H3,(H,19,20). The van der Waals surface area contributed by atoms with Gasteiger partial charge >= 0.3 is 0 Å². The van der Waals surface area contributed by atoms with Gasteiger partial charge in [0, 0.05) is 0 Å². The van der Waals surface area contributed by atoms with Crippen molar-refractivity contribution in [3.63, 3.8) is 0 Å². The molecule has 0 radical (unpaired) electrons. The van der Waals surface area contributed by atoms with Crippen molar-refractivity contribution in [3.05, 3.63) is 59.2 Å². The lowest BCUT2D eigenvalue weighted by molar-refractivity contribution is -0.118. The first kappa shape index (κ1) is 14.0. The van der Waals surface area contributed by atoms with E-state index in [-0.39, 0.29) is 17.9 Å². The zero-order chi connectivity index (χ0) is 14.8. The Hall–Kier alpha value is -2.00. The van der Waals surface area contributed by atoms with Crippen molar-refractivity contribution in [2.24, 2.45) is 0 Å². The van der Waals surface area contributed by atoms with Gasteiger partial charge in [0.05, 0.1) is 11.1 Å². The summed E-state index contributed by atoms with van der Waals surface area (Å²) in [6, 6.07) is 14.0. The molecule has 0 bridgehead atoms. The molecule has 108 valence electrons. The van der Waals surface area contributed by atoms with Crippen molar-refractivity contribution in [1.29, 1.82) is 0 Å². The third kappa shape index (κ3) is 3.19. The lowest BCUT2D eigenvalue weighted by atomic mass is 10.0. The van der Waals surface area contributed by atoms with Crippen LogP contribution >= 0.6 is 11.6 Å². The minimum absolute atomic E-state index is 0.0694. The van der Waals surface area contributed by atoms with E-state index in [9.17, 15) is 4.79 Å². The van der Waals surface area contributed by atoms with Crippen molar-refractivity contribution in [1.82, 2.24) is 0 Å². The van der Waals surface area contributed by atoms with Crippen LogP contribution in [0, 0.1) is 6.92 Å². The first-order valence-electron chi connectivity index (χ1n) is 6.88. The number of fused-ring (bicyclic) bond motifs is 1. The summed E-state index contributed by atoms with van der Waals surface area (Å²) in [5, 5.41) is 2.66.